The number of likely N-dealkylation sites (N-methyl/N-ethyl adjacent to an activating group) is 1. The second-order valence-corrected chi connectivity index (χ2v) is 4.96. The average molecular weight is 290 g/mol. The standard InChI is InChI=1S/C13H14N4O4/c1-17-12(19)4-9(13(17)20)15-7-3-8-10(2-6(7)14)21-5-11(18)16-8/h2-3,9,15H,4-5,14H2,1H3,(H,16,18). The quantitative estimate of drug-likeness (QED) is 0.512. The zero-order valence-corrected chi connectivity index (χ0v) is 11.3. The fourth-order valence-corrected chi connectivity index (χ4v) is 2.32. The second kappa shape index (κ2) is 4.65. The summed E-state index contributed by atoms with van der Waals surface area (Å²) < 4.78 is 5.25. The van der Waals surface area contributed by atoms with Crippen molar-refractivity contribution in [1.82, 2.24) is 4.90 Å². The number of amides is 3. The van der Waals surface area contributed by atoms with E-state index in [2.05, 4.69) is 10.6 Å². The summed E-state index contributed by atoms with van der Waals surface area (Å²) in [6.45, 7) is -0.0559. The summed E-state index contributed by atoms with van der Waals surface area (Å²) in [5, 5.41) is 5.60. The molecule has 0 bridgehead atoms. The van der Waals surface area contributed by atoms with Gasteiger partial charge in [-0.05, 0) is 6.07 Å². The van der Waals surface area contributed by atoms with E-state index in [1.807, 2.05) is 0 Å². The maximum atomic E-state index is 11.9. The lowest BCUT2D eigenvalue weighted by Crippen LogP contribution is -2.32. The van der Waals surface area contributed by atoms with Crippen molar-refractivity contribution in [2.24, 2.45) is 0 Å². The number of nitrogens with zero attached hydrogens (tertiary/aromatic N) is 1. The molecule has 0 aliphatic carbocycles. The van der Waals surface area contributed by atoms with Gasteiger partial charge in [-0.15, -0.1) is 0 Å². The van der Waals surface area contributed by atoms with Crippen molar-refractivity contribution < 1.29 is 19.1 Å². The van der Waals surface area contributed by atoms with Crippen LogP contribution >= 0.6 is 0 Å². The summed E-state index contributed by atoms with van der Waals surface area (Å²) in [6, 6.07) is 2.52. The number of anilines is 3. The number of nitrogens with one attached hydrogen (secondary N) is 2. The number of nitrogen functional groups attached to an aromatic ring is 1. The first-order valence-corrected chi connectivity index (χ1v) is 6.39. The number of carbonyl (C=O) groups is 3. The van der Waals surface area contributed by atoms with Crippen LogP contribution in [-0.4, -0.2) is 42.3 Å². The summed E-state index contributed by atoms with van der Waals surface area (Å²) in [7, 11) is 1.44. The lowest BCUT2D eigenvalue weighted by molar-refractivity contribution is -0.136. The van der Waals surface area contributed by atoms with Crippen molar-refractivity contribution in [3.8, 4) is 5.75 Å². The fourth-order valence-electron chi connectivity index (χ4n) is 2.32. The maximum absolute atomic E-state index is 11.9. The lowest BCUT2D eigenvalue weighted by atomic mass is 10.1. The van der Waals surface area contributed by atoms with Crippen LogP contribution in [0.3, 0.4) is 0 Å². The monoisotopic (exact) mass is 290 g/mol. The predicted octanol–water partition coefficient (Wildman–Crippen LogP) is -0.231. The Morgan fingerprint density at radius 3 is 2.81 bits per heavy atom. The van der Waals surface area contributed by atoms with Crippen LogP contribution in [-0.2, 0) is 14.4 Å². The van der Waals surface area contributed by atoms with E-state index in [9.17, 15) is 14.4 Å². The molecule has 110 valence electrons. The third-order valence-electron chi connectivity index (χ3n) is 3.50. The Bertz CT molecular complexity index is 658. The van der Waals surface area contributed by atoms with E-state index < -0.39 is 6.04 Å². The largest absolute Gasteiger partial charge is 0.482 e. The summed E-state index contributed by atoms with van der Waals surface area (Å²) in [6.07, 6.45) is 0.0781. The third kappa shape index (κ3) is 2.24. The molecule has 1 saturated heterocycles. The molecule has 2 aliphatic heterocycles. The van der Waals surface area contributed by atoms with Crippen LogP contribution in [0.2, 0.25) is 0 Å². The third-order valence-corrected chi connectivity index (χ3v) is 3.50. The van der Waals surface area contributed by atoms with Crippen LogP contribution in [0.5, 0.6) is 5.75 Å². The highest BCUT2D eigenvalue weighted by molar-refractivity contribution is 6.07. The number of nitrogens with two attached hydrogens (primary N) is 1. The van der Waals surface area contributed by atoms with Gasteiger partial charge in [-0.25, -0.2) is 0 Å². The first-order chi connectivity index (χ1) is 9.95. The molecule has 8 nitrogen and oxygen atoms in total. The van der Waals surface area contributed by atoms with Gasteiger partial charge in [-0.1, -0.05) is 0 Å². The Morgan fingerprint density at radius 2 is 2.14 bits per heavy atom. The first kappa shape index (κ1) is 13.2. The molecule has 1 unspecified atom stereocenters. The second-order valence-electron chi connectivity index (χ2n) is 4.96. The summed E-state index contributed by atoms with van der Waals surface area (Å²) >= 11 is 0. The molecule has 0 radical (unpaired) electrons. The highest BCUT2D eigenvalue weighted by Crippen LogP contribution is 2.35. The maximum Gasteiger partial charge on any atom is 0.262 e. The highest BCUT2D eigenvalue weighted by Gasteiger charge is 2.36. The number of carbonyl (C=O) groups excluding carboxylic acids is 3. The Morgan fingerprint density at radius 1 is 1.38 bits per heavy atom. The molecular formula is C13H14N4O4. The Labute approximate surface area is 120 Å². The molecule has 0 spiro atoms. The van der Waals surface area contributed by atoms with Crippen molar-refractivity contribution in [2.45, 2.75) is 12.5 Å². The molecule has 1 aromatic rings. The van der Waals surface area contributed by atoms with Gasteiger partial charge in [0.25, 0.3) is 11.8 Å². The minimum absolute atomic E-state index is 0.0559. The predicted molar refractivity (Wildman–Crippen MR) is 74.8 cm³/mol. The van der Waals surface area contributed by atoms with E-state index in [4.69, 9.17) is 10.5 Å². The molecule has 1 atom stereocenters. The molecule has 2 aliphatic rings. The molecule has 0 saturated carbocycles. The molecule has 2 heterocycles. The normalized spacial score (nSPS) is 20.9. The number of hydrogen-bond donors (Lipinski definition) is 3. The van der Waals surface area contributed by atoms with Crippen LogP contribution in [0.4, 0.5) is 17.1 Å². The summed E-state index contributed by atoms with van der Waals surface area (Å²) in [5.74, 6) is -0.336. The molecule has 21 heavy (non-hydrogen) atoms. The minimum Gasteiger partial charge on any atom is -0.482 e. The molecular weight excluding hydrogens is 276 g/mol. The topological polar surface area (TPSA) is 114 Å². The number of imide groups is 1. The van der Waals surface area contributed by atoms with Crippen LogP contribution in [0.25, 0.3) is 0 Å². The number of benzene rings is 1. The number of likely N-dealkylation sites (tertiary alicyclic amines) is 1. The van der Waals surface area contributed by atoms with E-state index in [0.29, 0.717) is 22.8 Å². The van der Waals surface area contributed by atoms with Gasteiger partial charge in [-0.3, -0.25) is 19.3 Å². The van der Waals surface area contributed by atoms with Gasteiger partial charge in [-0.2, -0.15) is 0 Å². The van der Waals surface area contributed by atoms with Crippen LogP contribution in [0.15, 0.2) is 12.1 Å². The van der Waals surface area contributed by atoms with Gasteiger partial charge in [0.2, 0.25) is 5.91 Å². The van der Waals surface area contributed by atoms with E-state index in [1.54, 1.807) is 12.1 Å². The molecule has 3 rings (SSSR count). The number of fused-ring (bicyclic) bond motifs is 1. The van der Waals surface area contributed by atoms with Crippen LogP contribution in [0, 0.1) is 0 Å². The Hall–Kier alpha value is -2.77. The van der Waals surface area contributed by atoms with Crippen LogP contribution in [0.1, 0.15) is 6.42 Å². The minimum atomic E-state index is -0.650. The van der Waals surface area contributed by atoms with Crippen molar-refractivity contribution in [3.63, 3.8) is 0 Å². The Kier molecular flexibility index (Phi) is 2.93. The van der Waals surface area contributed by atoms with Gasteiger partial charge in [0.1, 0.15) is 11.8 Å². The SMILES string of the molecule is CN1C(=O)CC(Nc2cc3c(cc2N)OCC(=O)N3)C1=O. The van der Waals surface area contributed by atoms with Crippen molar-refractivity contribution >= 4 is 34.8 Å². The van der Waals surface area contributed by atoms with E-state index in [0.717, 1.165) is 4.90 Å². The van der Waals surface area contributed by atoms with Crippen molar-refractivity contribution in [1.29, 1.82) is 0 Å². The van der Waals surface area contributed by atoms with E-state index in [-0.39, 0.29) is 30.7 Å². The average Bonchev–Trinajstić information content (AvgIpc) is 2.68. The van der Waals surface area contributed by atoms with Crippen molar-refractivity contribution in [3.05, 3.63) is 12.1 Å². The van der Waals surface area contributed by atoms with E-state index >= 15 is 0 Å². The molecule has 3 amide bonds. The van der Waals surface area contributed by atoms with Gasteiger partial charge in [0.05, 0.1) is 23.5 Å². The summed E-state index contributed by atoms with van der Waals surface area (Å²) in [5.41, 5.74) is 7.23. The number of rotatable bonds is 2. The molecule has 4 N–H and O–H groups in total. The summed E-state index contributed by atoms with van der Waals surface area (Å²) in [4.78, 5) is 35.8. The molecule has 1 aromatic carbocycles. The molecule has 0 aromatic heterocycles. The molecule has 1 fully saturated rings. The van der Waals surface area contributed by atoms with Crippen LogP contribution < -0.4 is 21.1 Å². The van der Waals surface area contributed by atoms with Gasteiger partial charge in [0.15, 0.2) is 6.61 Å². The first-order valence-electron chi connectivity index (χ1n) is 6.39. The number of hydrogen-bond acceptors (Lipinski definition) is 6. The van der Waals surface area contributed by atoms with Gasteiger partial charge in [0, 0.05) is 13.1 Å². The van der Waals surface area contributed by atoms with Gasteiger partial charge >= 0.3 is 0 Å². The zero-order chi connectivity index (χ0) is 15.1. The number of ether oxygens (including phenoxy) is 1. The smallest absolute Gasteiger partial charge is 0.262 e. The lowest BCUT2D eigenvalue weighted by Gasteiger charge is -2.21. The van der Waals surface area contributed by atoms with E-state index in [1.165, 1.54) is 7.05 Å². The zero-order valence-electron chi connectivity index (χ0n) is 11.3. The van der Waals surface area contributed by atoms with Gasteiger partial charge < -0.3 is 21.1 Å². The molecule has 8 heteroatoms. The Balaban J connectivity index is 1.86. The van der Waals surface area contributed by atoms with Crippen molar-refractivity contribution in [2.75, 3.05) is 30.0 Å². The fraction of sp³-hybridized carbons (Fsp3) is 0.308. The highest BCUT2D eigenvalue weighted by atomic mass is 16.5.